The zero-order chi connectivity index (χ0) is 12.8. The standard InChI is InChI=1S/C14H20N4.ClH/c1-15-8-10-17(2)12-14-16-9-11-18(14)13-6-4-3-5-7-13;/h3-7,9,11,15H,8,10,12H2,1-2H3;1H. The molecule has 2 aromatic rings. The molecular formula is C14H21ClN4. The van der Waals surface area contributed by atoms with E-state index in [1.54, 1.807) is 0 Å². The van der Waals surface area contributed by atoms with Crippen LogP contribution in [0.25, 0.3) is 5.69 Å². The number of aromatic nitrogens is 2. The van der Waals surface area contributed by atoms with Crippen molar-refractivity contribution in [2.24, 2.45) is 0 Å². The predicted octanol–water partition coefficient (Wildman–Crippen LogP) is 1.95. The molecule has 0 aliphatic rings. The van der Waals surface area contributed by atoms with Crippen molar-refractivity contribution in [3.05, 3.63) is 48.5 Å². The Morgan fingerprint density at radius 2 is 2.00 bits per heavy atom. The van der Waals surface area contributed by atoms with Gasteiger partial charge in [0.25, 0.3) is 0 Å². The molecule has 5 heteroatoms. The average molecular weight is 281 g/mol. The summed E-state index contributed by atoms with van der Waals surface area (Å²) in [6, 6.07) is 10.3. The number of benzene rings is 1. The highest BCUT2D eigenvalue weighted by atomic mass is 35.5. The van der Waals surface area contributed by atoms with E-state index < -0.39 is 0 Å². The molecule has 0 bridgehead atoms. The Labute approximate surface area is 120 Å². The molecule has 0 atom stereocenters. The Bertz CT molecular complexity index is 469. The molecule has 0 saturated carbocycles. The van der Waals surface area contributed by atoms with E-state index in [2.05, 4.69) is 38.9 Å². The first kappa shape index (κ1) is 15.7. The fourth-order valence-electron chi connectivity index (χ4n) is 1.90. The van der Waals surface area contributed by atoms with Gasteiger partial charge in [-0.15, -0.1) is 12.4 Å². The normalized spacial score (nSPS) is 10.5. The Kier molecular flexibility index (Phi) is 6.56. The van der Waals surface area contributed by atoms with Gasteiger partial charge in [-0.25, -0.2) is 4.98 Å². The number of rotatable bonds is 6. The van der Waals surface area contributed by atoms with Crippen LogP contribution in [0.1, 0.15) is 5.82 Å². The van der Waals surface area contributed by atoms with Crippen LogP contribution in [0, 0.1) is 0 Å². The highest BCUT2D eigenvalue weighted by Gasteiger charge is 2.07. The lowest BCUT2D eigenvalue weighted by Gasteiger charge is -2.17. The summed E-state index contributed by atoms with van der Waals surface area (Å²) < 4.78 is 2.13. The third-order valence-corrected chi connectivity index (χ3v) is 2.91. The zero-order valence-electron chi connectivity index (χ0n) is 11.4. The Hall–Kier alpha value is -1.36. The smallest absolute Gasteiger partial charge is 0.127 e. The molecular weight excluding hydrogens is 260 g/mol. The summed E-state index contributed by atoms with van der Waals surface area (Å²) >= 11 is 0. The SMILES string of the molecule is CNCCN(C)Cc1nccn1-c1ccccc1.Cl. The van der Waals surface area contributed by atoms with Crippen LogP contribution in [0.3, 0.4) is 0 Å². The van der Waals surface area contributed by atoms with Crippen molar-refractivity contribution in [3.8, 4) is 5.69 Å². The number of likely N-dealkylation sites (N-methyl/N-ethyl adjacent to an activating group) is 2. The van der Waals surface area contributed by atoms with Crippen molar-refractivity contribution >= 4 is 12.4 Å². The lowest BCUT2D eigenvalue weighted by atomic mass is 10.3. The molecule has 0 fully saturated rings. The highest BCUT2D eigenvalue weighted by Crippen LogP contribution is 2.11. The van der Waals surface area contributed by atoms with Gasteiger partial charge in [-0.1, -0.05) is 18.2 Å². The molecule has 0 aliphatic heterocycles. The van der Waals surface area contributed by atoms with E-state index in [1.807, 2.05) is 37.6 Å². The average Bonchev–Trinajstić information content (AvgIpc) is 2.85. The minimum Gasteiger partial charge on any atom is -0.318 e. The van der Waals surface area contributed by atoms with E-state index in [0.29, 0.717) is 0 Å². The molecule has 1 aromatic heterocycles. The number of nitrogens with one attached hydrogen (secondary N) is 1. The minimum atomic E-state index is 0. The molecule has 1 heterocycles. The molecule has 0 unspecified atom stereocenters. The summed E-state index contributed by atoms with van der Waals surface area (Å²) in [5.74, 6) is 1.07. The second-order valence-corrected chi connectivity index (χ2v) is 4.39. The van der Waals surface area contributed by atoms with E-state index in [4.69, 9.17) is 0 Å². The van der Waals surface area contributed by atoms with E-state index in [9.17, 15) is 0 Å². The van der Waals surface area contributed by atoms with Crippen LogP contribution in [-0.2, 0) is 6.54 Å². The molecule has 0 radical (unpaired) electrons. The maximum absolute atomic E-state index is 4.44. The first-order valence-electron chi connectivity index (χ1n) is 6.22. The summed E-state index contributed by atoms with van der Waals surface area (Å²) in [6.07, 6.45) is 3.87. The van der Waals surface area contributed by atoms with Crippen LogP contribution in [0.4, 0.5) is 0 Å². The van der Waals surface area contributed by atoms with Crippen molar-refractivity contribution in [2.75, 3.05) is 27.2 Å². The van der Waals surface area contributed by atoms with Gasteiger partial charge in [0.05, 0.1) is 6.54 Å². The number of halogens is 1. The minimum absolute atomic E-state index is 0. The van der Waals surface area contributed by atoms with Gasteiger partial charge in [0.15, 0.2) is 0 Å². The van der Waals surface area contributed by atoms with Crippen LogP contribution in [0.5, 0.6) is 0 Å². The molecule has 0 aliphatic carbocycles. The van der Waals surface area contributed by atoms with Gasteiger partial charge in [0.2, 0.25) is 0 Å². The number of hydrogen-bond donors (Lipinski definition) is 1. The Morgan fingerprint density at radius 3 is 2.68 bits per heavy atom. The largest absolute Gasteiger partial charge is 0.318 e. The van der Waals surface area contributed by atoms with Gasteiger partial charge in [-0.3, -0.25) is 4.90 Å². The summed E-state index contributed by atoms with van der Waals surface area (Å²) in [6.45, 7) is 2.85. The van der Waals surface area contributed by atoms with Crippen LogP contribution in [0.15, 0.2) is 42.7 Å². The lowest BCUT2D eigenvalue weighted by Crippen LogP contribution is -2.28. The highest BCUT2D eigenvalue weighted by molar-refractivity contribution is 5.85. The van der Waals surface area contributed by atoms with Crippen LogP contribution in [-0.4, -0.2) is 41.6 Å². The summed E-state index contributed by atoms with van der Waals surface area (Å²) in [4.78, 5) is 6.70. The Morgan fingerprint density at radius 1 is 1.26 bits per heavy atom. The van der Waals surface area contributed by atoms with Gasteiger partial charge in [0, 0.05) is 31.2 Å². The molecule has 104 valence electrons. The first-order valence-corrected chi connectivity index (χ1v) is 6.22. The topological polar surface area (TPSA) is 33.1 Å². The molecule has 2 rings (SSSR count). The number of imidazole rings is 1. The maximum atomic E-state index is 4.44. The Balaban J connectivity index is 0.00000180. The molecule has 0 saturated heterocycles. The monoisotopic (exact) mass is 280 g/mol. The predicted molar refractivity (Wildman–Crippen MR) is 81.1 cm³/mol. The third kappa shape index (κ3) is 4.35. The van der Waals surface area contributed by atoms with Gasteiger partial charge in [0.1, 0.15) is 5.82 Å². The van der Waals surface area contributed by atoms with Gasteiger partial charge in [-0.2, -0.15) is 0 Å². The molecule has 0 spiro atoms. The number of hydrogen-bond acceptors (Lipinski definition) is 3. The maximum Gasteiger partial charge on any atom is 0.127 e. The molecule has 0 amide bonds. The van der Waals surface area contributed by atoms with Gasteiger partial charge < -0.3 is 9.88 Å². The van der Waals surface area contributed by atoms with E-state index in [-0.39, 0.29) is 12.4 Å². The van der Waals surface area contributed by atoms with Crippen LogP contribution < -0.4 is 5.32 Å². The second kappa shape index (κ2) is 7.94. The summed E-state index contributed by atoms with van der Waals surface area (Å²) in [5.41, 5.74) is 1.16. The summed E-state index contributed by atoms with van der Waals surface area (Å²) in [7, 11) is 4.08. The number of nitrogens with zero attached hydrogens (tertiary/aromatic N) is 3. The second-order valence-electron chi connectivity index (χ2n) is 4.39. The van der Waals surface area contributed by atoms with E-state index >= 15 is 0 Å². The first-order chi connectivity index (χ1) is 8.81. The molecule has 1 aromatic carbocycles. The van der Waals surface area contributed by atoms with Crippen molar-refractivity contribution in [2.45, 2.75) is 6.54 Å². The zero-order valence-corrected chi connectivity index (χ0v) is 12.2. The van der Waals surface area contributed by atoms with Crippen molar-refractivity contribution in [3.63, 3.8) is 0 Å². The van der Waals surface area contributed by atoms with Crippen molar-refractivity contribution in [1.82, 2.24) is 19.8 Å². The third-order valence-electron chi connectivity index (χ3n) is 2.91. The van der Waals surface area contributed by atoms with E-state index in [1.165, 1.54) is 0 Å². The van der Waals surface area contributed by atoms with Crippen molar-refractivity contribution < 1.29 is 0 Å². The number of para-hydroxylation sites is 1. The van der Waals surface area contributed by atoms with Crippen LogP contribution in [0.2, 0.25) is 0 Å². The lowest BCUT2D eigenvalue weighted by molar-refractivity contribution is 0.318. The fourth-order valence-corrected chi connectivity index (χ4v) is 1.90. The van der Waals surface area contributed by atoms with E-state index in [0.717, 1.165) is 31.1 Å². The quantitative estimate of drug-likeness (QED) is 0.878. The molecule has 19 heavy (non-hydrogen) atoms. The molecule has 1 N–H and O–H groups in total. The van der Waals surface area contributed by atoms with Crippen LogP contribution >= 0.6 is 12.4 Å². The van der Waals surface area contributed by atoms with Gasteiger partial charge >= 0.3 is 0 Å². The fraction of sp³-hybridized carbons (Fsp3) is 0.357. The van der Waals surface area contributed by atoms with Crippen molar-refractivity contribution in [1.29, 1.82) is 0 Å². The molecule has 4 nitrogen and oxygen atoms in total. The van der Waals surface area contributed by atoms with Gasteiger partial charge in [-0.05, 0) is 26.2 Å². The summed E-state index contributed by atoms with van der Waals surface area (Å²) in [5, 5.41) is 3.16.